The average Bonchev–Trinajstić information content (AvgIpc) is 2.45. The van der Waals surface area contributed by atoms with Crippen LogP contribution in [0.4, 0.5) is 0 Å². The molecule has 1 saturated heterocycles. The second-order valence-electron chi connectivity index (χ2n) is 4.54. The summed E-state index contributed by atoms with van der Waals surface area (Å²) in [6.45, 7) is 0.997. The molecule has 1 atom stereocenters. The minimum atomic E-state index is -0.309. The van der Waals surface area contributed by atoms with Crippen LogP contribution in [0.3, 0.4) is 0 Å². The molecule has 1 fully saturated rings. The lowest BCUT2D eigenvalue weighted by molar-refractivity contribution is 0.0695. The predicted octanol–water partition coefficient (Wildman–Crippen LogP) is -0.0265. The van der Waals surface area contributed by atoms with Crippen LogP contribution >= 0.6 is 0 Å². The molecule has 2 heterocycles. The molecule has 1 aliphatic rings. The van der Waals surface area contributed by atoms with Gasteiger partial charge in [-0.3, -0.25) is 9.59 Å². The summed E-state index contributed by atoms with van der Waals surface area (Å²) in [7, 11) is 0. The van der Waals surface area contributed by atoms with Crippen molar-refractivity contribution in [3.63, 3.8) is 0 Å². The summed E-state index contributed by atoms with van der Waals surface area (Å²) < 4.78 is 0. The monoisotopic (exact) mass is 264 g/mol. The van der Waals surface area contributed by atoms with E-state index in [4.69, 9.17) is 10.9 Å². The molecular formula is C12H16N4O3. The number of aromatic amines is 1. The predicted molar refractivity (Wildman–Crippen MR) is 69.1 cm³/mol. The highest BCUT2D eigenvalue weighted by atomic mass is 16.4. The second kappa shape index (κ2) is 5.55. The van der Waals surface area contributed by atoms with E-state index in [2.05, 4.69) is 10.1 Å². The third-order valence-corrected chi connectivity index (χ3v) is 3.24. The van der Waals surface area contributed by atoms with Crippen LogP contribution in [0.2, 0.25) is 0 Å². The Bertz CT molecular complexity index is 552. The molecule has 0 aromatic carbocycles. The molecule has 4 N–H and O–H groups in total. The van der Waals surface area contributed by atoms with Gasteiger partial charge in [0.15, 0.2) is 0 Å². The molecule has 2 rings (SSSR count). The van der Waals surface area contributed by atoms with Gasteiger partial charge in [-0.25, -0.2) is 0 Å². The van der Waals surface area contributed by atoms with Crippen LogP contribution in [0.15, 0.2) is 28.1 Å². The molecule has 1 amide bonds. The normalized spacial score (nSPS) is 20.3. The maximum Gasteiger partial charge on any atom is 0.270 e. The number of hydrogen-bond acceptors (Lipinski definition) is 4. The van der Waals surface area contributed by atoms with Gasteiger partial charge in [-0.1, -0.05) is 11.2 Å². The van der Waals surface area contributed by atoms with Crippen molar-refractivity contribution in [1.82, 2.24) is 9.88 Å². The van der Waals surface area contributed by atoms with Crippen LogP contribution in [0.5, 0.6) is 0 Å². The van der Waals surface area contributed by atoms with E-state index in [-0.39, 0.29) is 28.9 Å². The minimum Gasteiger partial charge on any atom is -0.409 e. The molecule has 0 bridgehead atoms. The molecule has 1 aliphatic heterocycles. The molecule has 7 heteroatoms. The Labute approximate surface area is 109 Å². The Morgan fingerprint density at radius 3 is 3.00 bits per heavy atom. The molecule has 1 unspecified atom stereocenters. The van der Waals surface area contributed by atoms with Gasteiger partial charge in [0.2, 0.25) is 5.56 Å². The van der Waals surface area contributed by atoms with Crippen LogP contribution in [-0.2, 0) is 0 Å². The molecule has 0 saturated carbocycles. The largest absolute Gasteiger partial charge is 0.409 e. The zero-order chi connectivity index (χ0) is 13.8. The number of nitrogens with one attached hydrogen (secondary N) is 1. The van der Waals surface area contributed by atoms with E-state index >= 15 is 0 Å². The number of pyridine rings is 1. The number of amides is 1. The summed E-state index contributed by atoms with van der Waals surface area (Å²) in [6.07, 6.45) is 1.56. The number of hydrogen-bond donors (Lipinski definition) is 3. The Hall–Kier alpha value is -2.31. The summed E-state index contributed by atoms with van der Waals surface area (Å²) in [5.74, 6) is -0.245. The van der Waals surface area contributed by atoms with E-state index in [0.717, 1.165) is 12.8 Å². The first kappa shape index (κ1) is 13.1. The van der Waals surface area contributed by atoms with Gasteiger partial charge in [-0.05, 0) is 18.9 Å². The first-order valence-corrected chi connectivity index (χ1v) is 6.08. The lowest BCUT2D eigenvalue weighted by atomic mass is 9.97. The van der Waals surface area contributed by atoms with E-state index < -0.39 is 0 Å². The van der Waals surface area contributed by atoms with Gasteiger partial charge in [0.05, 0.1) is 0 Å². The number of aromatic nitrogens is 1. The van der Waals surface area contributed by atoms with Crippen molar-refractivity contribution in [2.24, 2.45) is 16.8 Å². The summed E-state index contributed by atoms with van der Waals surface area (Å²) in [4.78, 5) is 27.5. The number of rotatable bonds is 2. The zero-order valence-electron chi connectivity index (χ0n) is 10.4. The first-order chi connectivity index (χ1) is 9.11. The summed E-state index contributed by atoms with van der Waals surface area (Å²) >= 11 is 0. The highest BCUT2D eigenvalue weighted by Crippen LogP contribution is 2.18. The van der Waals surface area contributed by atoms with Crippen molar-refractivity contribution in [1.29, 1.82) is 0 Å². The maximum atomic E-state index is 12.2. The fourth-order valence-electron chi connectivity index (χ4n) is 2.23. The van der Waals surface area contributed by atoms with Crippen LogP contribution in [0.1, 0.15) is 23.3 Å². The van der Waals surface area contributed by atoms with E-state index in [1.165, 1.54) is 12.1 Å². The standard InChI is InChI=1S/C12H16N4O3/c13-11(15-19)8-3-2-6-16(7-8)12(18)9-4-1-5-10(17)14-9/h1,4-5,8,19H,2-3,6-7H2,(H2,13,15)(H,14,17). The lowest BCUT2D eigenvalue weighted by Gasteiger charge is -2.31. The van der Waals surface area contributed by atoms with Gasteiger partial charge in [-0.2, -0.15) is 0 Å². The number of H-pyrrole nitrogens is 1. The van der Waals surface area contributed by atoms with E-state index in [9.17, 15) is 9.59 Å². The minimum absolute atomic E-state index is 0.138. The van der Waals surface area contributed by atoms with Crippen molar-refractivity contribution in [2.75, 3.05) is 13.1 Å². The van der Waals surface area contributed by atoms with Gasteiger partial charge in [-0.15, -0.1) is 0 Å². The van der Waals surface area contributed by atoms with E-state index in [1.54, 1.807) is 11.0 Å². The fourth-order valence-corrected chi connectivity index (χ4v) is 2.23. The van der Waals surface area contributed by atoms with Gasteiger partial charge >= 0.3 is 0 Å². The van der Waals surface area contributed by atoms with Crippen LogP contribution in [-0.4, -0.2) is 39.9 Å². The zero-order valence-corrected chi connectivity index (χ0v) is 10.4. The summed E-state index contributed by atoms with van der Waals surface area (Å²) in [5, 5.41) is 11.7. The molecule has 7 nitrogen and oxygen atoms in total. The summed E-state index contributed by atoms with van der Waals surface area (Å²) in [5.41, 5.74) is 5.52. The Morgan fingerprint density at radius 2 is 2.32 bits per heavy atom. The first-order valence-electron chi connectivity index (χ1n) is 6.08. The topological polar surface area (TPSA) is 112 Å². The number of nitrogens with zero attached hydrogens (tertiary/aromatic N) is 2. The molecule has 19 heavy (non-hydrogen) atoms. The van der Waals surface area contributed by atoms with Crippen molar-refractivity contribution in [3.05, 3.63) is 34.2 Å². The van der Waals surface area contributed by atoms with Gasteiger partial charge in [0.25, 0.3) is 5.91 Å². The highest BCUT2D eigenvalue weighted by molar-refractivity contribution is 5.93. The van der Waals surface area contributed by atoms with Crippen molar-refractivity contribution in [2.45, 2.75) is 12.8 Å². The van der Waals surface area contributed by atoms with Crippen molar-refractivity contribution in [3.8, 4) is 0 Å². The Morgan fingerprint density at radius 1 is 1.53 bits per heavy atom. The number of piperidine rings is 1. The number of oxime groups is 1. The quantitative estimate of drug-likeness (QED) is 0.301. The Kier molecular flexibility index (Phi) is 3.84. The van der Waals surface area contributed by atoms with Crippen molar-refractivity contribution < 1.29 is 10.0 Å². The van der Waals surface area contributed by atoms with Gasteiger partial charge in [0.1, 0.15) is 11.5 Å². The number of amidine groups is 1. The second-order valence-corrected chi connectivity index (χ2v) is 4.54. The molecule has 0 radical (unpaired) electrons. The number of likely N-dealkylation sites (tertiary alicyclic amines) is 1. The molecule has 1 aromatic heterocycles. The Balaban J connectivity index is 2.13. The molecule has 102 valence electrons. The average molecular weight is 264 g/mol. The van der Waals surface area contributed by atoms with Gasteiger partial charge in [0, 0.05) is 25.1 Å². The third kappa shape index (κ3) is 2.93. The van der Waals surface area contributed by atoms with Crippen LogP contribution in [0.25, 0.3) is 0 Å². The van der Waals surface area contributed by atoms with Gasteiger partial charge < -0.3 is 20.8 Å². The molecule has 1 aromatic rings. The van der Waals surface area contributed by atoms with E-state index in [0.29, 0.717) is 13.1 Å². The SMILES string of the molecule is N/C(=N/O)C1CCCN(C(=O)c2cccc(=O)[nH]2)C1. The molecule has 0 aliphatic carbocycles. The molecule has 0 spiro atoms. The van der Waals surface area contributed by atoms with Crippen LogP contribution in [0, 0.1) is 5.92 Å². The fraction of sp³-hybridized carbons (Fsp3) is 0.417. The lowest BCUT2D eigenvalue weighted by Crippen LogP contribution is -2.44. The van der Waals surface area contributed by atoms with Crippen molar-refractivity contribution >= 4 is 11.7 Å². The van der Waals surface area contributed by atoms with E-state index in [1.807, 2.05) is 0 Å². The third-order valence-electron chi connectivity index (χ3n) is 3.24. The highest BCUT2D eigenvalue weighted by Gasteiger charge is 2.27. The number of nitrogens with two attached hydrogens (primary N) is 1. The molecular weight excluding hydrogens is 248 g/mol. The summed E-state index contributed by atoms with van der Waals surface area (Å²) in [6, 6.07) is 4.46. The number of carbonyl (C=O) groups excluding carboxylic acids is 1. The maximum absolute atomic E-state index is 12.2. The van der Waals surface area contributed by atoms with Crippen LogP contribution < -0.4 is 11.3 Å². The number of carbonyl (C=O) groups is 1. The smallest absolute Gasteiger partial charge is 0.270 e.